The molecule has 0 atom stereocenters. The first kappa shape index (κ1) is 12.9. The topological polar surface area (TPSA) is 28.7 Å². The molecule has 0 spiro atoms. The summed E-state index contributed by atoms with van der Waals surface area (Å²) in [7, 11) is 0. The van der Waals surface area contributed by atoms with Crippen molar-refractivity contribution in [2.45, 2.75) is 46.5 Å². The highest BCUT2D eigenvalue weighted by molar-refractivity contribution is 5.66. The van der Waals surface area contributed by atoms with Gasteiger partial charge in [0, 0.05) is 6.99 Å². The molecule has 1 aromatic heterocycles. The van der Waals surface area contributed by atoms with Gasteiger partial charge in [0.2, 0.25) is 0 Å². The molecule has 1 aliphatic carbocycles. The Morgan fingerprint density at radius 3 is 2.50 bits per heavy atom. The number of aromatic nitrogens is 2. The van der Waals surface area contributed by atoms with Gasteiger partial charge in [-0.2, -0.15) is 0 Å². The lowest BCUT2D eigenvalue weighted by molar-refractivity contribution is 0.683. The van der Waals surface area contributed by atoms with Crippen LogP contribution in [0.25, 0.3) is 11.3 Å². The fraction of sp³-hybridized carbons (Fsp3) is 0.438. The minimum Gasteiger partial charge on any atom is -0.345 e. The van der Waals surface area contributed by atoms with Crippen LogP contribution in [-0.2, 0) is 12.8 Å². The number of nitrogens with one attached hydrogen (secondary N) is 1. The second-order valence-corrected chi connectivity index (χ2v) is 4.56. The summed E-state index contributed by atoms with van der Waals surface area (Å²) >= 11 is 0. The van der Waals surface area contributed by atoms with Crippen molar-refractivity contribution in [1.82, 2.24) is 9.97 Å². The first-order valence-electron chi connectivity index (χ1n) is 6.96. The largest absolute Gasteiger partial charge is 0.345 e. The molecule has 1 aliphatic rings. The Balaban J connectivity index is 0.000000576. The maximum Gasteiger partial charge on any atom is 0.0924 e. The van der Waals surface area contributed by atoms with Gasteiger partial charge in [0.15, 0.2) is 0 Å². The Bertz CT molecular complexity index is 504. The number of hydrogen-bond donors (Lipinski definition) is 1. The molecule has 1 N–H and O–H groups in total. The number of hydrogen-bond acceptors (Lipinski definition) is 1. The van der Waals surface area contributed by atoms with E-state index in [1.165, 1.54) is 42.4 Å². The highest BCUT2D eigenvalue weighted by atomic mass is 14.9. The van der Waals surface area contributed by atoms with Crippen molar-refractivity contribution >= 4 is 0 Å². The number of rotatable bonds is 1. The van der Waals surface area contributed by atoms with Crippen LogP contribution in [0.4, 0.5) is 0 Å². The van der Waals surface area contributed by atoms with Gasteiger partial charge in [-0.15, -0.1) is 0 Å². The van der Waals surface area contributed by atoms with Gasteiger partial charge in [-0.05, 0) is 49.3 Å². The van der Waals surface area contributed by atoms with E-state index in [0.29, 0.717) is 0 Å². The van der Waals surface area contributed by atoms with Crippen LogP contribution in [-0.4, -0.2) is 9.97 Å². The number of H-pyrrole nitrogens is 1. The van der Waals surface area contributed by atoms with Crippen molar-refractivity contribution in [3.8, 4) is 11.3 Å². The number of benzene rings is 1. The summed E-state index contributed by atoms with van der Waals surface area (Å²) in [5.74, 6) is 0. The summed E-state index contributed by atoms with van der Waals surface area (Å²) in [5.41, 5.74) is 7.04. The lowest BCUT2D eigenvalue weighted by Gasteiger charge is -2.21. The summed E-state index contributed by atoms with van der Waals surface area (Å²) < 4.78 is 0. The van der Waals surface area contributed by atoms with Gasteiger partial charge in [-0.25, -0.2) is 4.98 Å². The van der Waals surface area contributed by atoms with Crippen LogP contribution < -0.4 is 0 Å². The Labute approximate surface area is 111 Å². The summed E-state index contributed by atoms with van der Waals surface area (Å²) in [6.45, 7) is 6.22. The molecule has 1 heterocycles. The predicted octanol–water partition coefficient (Wildman–Crippen LogP) is 4.54. The van der Waals surface area contributed by atoms with Crippen molar-refractivity contribution in [1.29, 1.82) is 0 Å². The van der Waals surface area contributed by atoms with E-state index < -0.39 is 0 Å². The van der Waals surface area contributed by atoms with E-state index in [2.05, 4.69) is 29.0 Å². The standard InChI is InChI=1S/C14H16N2.C2H6.H2/c1-10-6-7-13(14-8-15-9-16-14)12-5-3-2-4-11(10)12;1-2;/h6-9H,2-5H2,1H3,(H,15,16);1-2H3;1H. The van der Waals surface area contributed by atoms with E-state index >= 15 is 0 Å². The minimum absolute atomic E-state index is 0. The molecule has 98 valence electrons. The van der Waals surface area contributed by atoms with E-state index in [1.807, 2.05) is 20.0 Å². The zero-order valence-corrected chi connectivity index (χ0v) is 11.6. The zero-order valence-electron chi connectivity index (χ0n) is 11.6. The maximum absolute atomic E-state index is 4.11. The van der Waals surface area contributed by atoms with Gasteiger partial charge < -0.3 is 4.98 Å². The third-order valence-corrected chi connectivity index (χ3v) is 3.56. The molecular weight excluding hydrogens is 220 g/mol. The van der Waals surface area contributed by atoms with E-state index in [-0.39, 0.29) is 1.43 Å². The summed E-state index contributed by atoms with van der Waals surface area (Å²) in [4.78, 5) is 7.33. The molecule has 0 saturated heterocycles. The minimum atomic E-state index is 0. The van der Waals surface area contributed by atoms with Gasteiger partial charge in [0.05, 0.1) is 18.2 Å². The molecule has 0 fully saturated rings. The Hall–Kier alpha value is -1.57. The van der Waals surface area contributed by atoms with Crippen LogP contribution in [0, 0.1) is 6.92 Å². The normalized spacial score (nSPS) is 13.5. The lowest BCUT2D eigenvalue weighted by atomic mass is 9.85. The van der Waals surface area contributed by atoms with Crippen molar-refractivity contribution in [3.63, 3.8) is 0 Å². The monoisotopic (exact) mass is 244 g/mol. The zero-order chi connectivity index (χ0) is 13.0. The van der Waals surface area contributed by atoms with Gasteiger partial charge in [0.25, 0.3) is 0 Å². The van der Waals surface area contributed by atoms with Crippen LogP contribution in [0.5, 0.6) is 0 Å². The van der Waals surface area contributed by atoms with E-state index in [0.717, 1.165) is 5.69 Å². The quantitative estimate of drug-likeness (QED) is 0.784. The molecule has 3 rings (SSSR count). The molecule has 0 bridgehead atoms. The average Bonchev–Trinajstić information content (AvgIpc) is 2.96. The van der Waals surface area contributed by atoms with Gasteiger partial charge in [0.1, 0.15) is 0 Å². The summed E-state index contributed by atoms with van der Waals surface area (Å²) in [5, 5.41) is 0. The SMILES string of the molecule is CC.Cc1ccc(-c2cnc[nH]2)c2c1CCCC2.[HH]. The highest BCUT2D eigenvalue weighted by Gasteiger charge is 2.16. The van der Waals surface area contributed by atoms with Crippen LogP contribution in [0.15, 0.2) is 24.7 Å². The molecule has 0 unspecified atom stereocenters. The fourth-order valence-corrected chi connectivity index (χ4v) is 2.70. The van der Waals surface area contributed by atoms with E-state index in [4.69, 9.17) is 0 Å². The third kappa shape index (κ3) is 2.33. The Morgan fingerprint density at radius 2 is 1.83 bits per heavy atom. The van der Waals surface area contributed by atoms with Crippen LogP contribution >= 0.6 is 0 Å². The van der Waals surface area contributed by atoms with Gasteiger partial charge >= 0.3 is 0 Å². The maximum atomic E-state index is 4.11. The molecule has 0 radical (unpaired) electrons. The van der Waals surface area contributed by atoms with Crippen molar-refractivity contribution < 1.29 is 1.43 Å². The lowest BCUT2D eigenvalue weighted by Crippen LogP contribution is -2.06. The smallest absolute Gasteiger partial charge is 0.0924 e. The van der Waals surface area contributed by atoms with Crippen LogP contribution in [0.2, 0.25) is 0 Å². The van der Waals surface area contributed by atoms with Gasteiger partial charge in [-0.3, -0.25) is 0 Å². The second-order valence-electron chi connectivity index (χ2n) is 4.56. The average molecular weight is 244 g/mol. The fourth-order valence-electron chi connectivity index (χ4n) is 2.70. The number of imidazole rings is 1. The van der Waals surface area contributed by atoms with E-state index in [1.54, 1.807) is 11.9 Å². The third-order valence-electron chi connectivity index (χ3n) is 3.56. The molecule has 0 aliphatic heterocycles. The molecule has 2 aromatic rings. The molecular formula is C16H24N2. The van der Waals surface area contributed by atoms with Crippen molar-refractivity contribution in [2.24, 2.45) is 0 Å². The summed E-state index contributed by atoms with van der Waals surface area (Å²) in [6, 6.07) is 4.47. The Morgan fingerprint density at radius 1 is 1.11 bits per heavy atom. The van der Waals surface area contributed by atoms with Crippen molar-refractivity contribution in [3.05, 3.63) is 41.3 Å². The first-order valence-corrected chi connectivity index (χ1v) is 6.96. The Kier molecular flexibility index (Phi) is 4.19. The summed E-state index contributed by atoms with van der Waals surface area (Å²) in [6.07, 6.45) is 8.77. The first-order chi connectivity index (χ1) is 8.86. The second kappa shape index (κ2) is 5.85. The molecule has 1 aromatic carbocycles. The predicted molar refractivity (Wildman–Crippen MR) is 78.9 cm³/mol. The number of fused-ring (bicyclic) bond motifs is 1. The van der Waals surface area contributed by atoms with Crippen LogP contribution in [0.1, 0.15) is 44.8 Å². The van der Waals surface area contributed by atoms with Crippen molar-refractivity contribution in [2.75, 3.05) is 0 Å². The molecule has 2 heteroatoms. The molecule has 0 amide bonds. The number of nitrogens with zero attached hydrogens (tertiary/aromatic N) is 1. The molecule has 18 heavy (non-hydrogen) atoms. The number of aromatic amines is 1. The highest BCUT2D eigenvalue weighted by Crippen LogP contribution is 2.32. The van der Waals surface area contributed by atoms with E-state index in [9.17, 15) is 0 Å². The van der Waals surface area contributed by atoms with Gasteiger partial charge in [-0.1, -0.05) is 26.0 Å². The van der Waals surface area contributed by atoms with Crippen LogP contribution in [0.3, 0.4) is 0 Å². The molecule has 0 saturated carbocycles. The number of aryl methyl sites for hydroxylation is 1. The molecule has 2 nitrogen and oxygen atoms in total.